The topological polar surface area (TPSA) is 59.8 Å². The standard InChI is InChI=1S/C24H25NO4/c1-5-6-10-25-20(16-8-7-9-17(13-16)28-4)19-21(26)18-12-14(2)11-15(3)22(18)29-23(19)24(25)27/h7-9,11-13,20H,5-6,10H2,1-4H3. The Morgan fingerprint density at radius 3 is 2.66 bits per heavy atom. The average Bonchev–Trinajstić information content (AvgIpc) is 2.99. The zero-order valence-electron chi connectivity index (χ0n) is 17.2. The van der Waals surface area contributed by atoms with E-state index >= 15 is 0 Å². The average molecular weight is 391 g/mol. The number of fused-ring (bicyclic) bond motifs is 2. The molecule has 0 spiro atoms. The van der Waals surface area contributed by atoms with Crippen molar-refractivity contribution >= 4 is 16.9 Å². The van der Waals surface area contributed by atoms with E-state index < -0.39 is 6.04 Å². The quantitative estimate of drug-likeness (QED) is 0.629. The Bertz CT molecular complexity index is 1160. The van der Waals surface area contributed by atoms with E-state index in [1.165, 1.54) is 0 Å². The van der Waals surface area contributed by atoms with Gasteiger partial charge in [0.15, 0.2) is 5.43 Å². The fourth-order valence-electron chi connectivity index (χ4n) is 4.19. The summed E-state index contributed by atoms with van der Waals surface area (Å²) in [5.74, 6) is 0.634. The number of ether oxygens (including phenoxy) is 1. The summed E-state index contributed by atoms with van der Waals surface area (Å²) < 4.78 is 11.5. The second-order valence-corrected chi connectivity index (χ2v) is 7.66. The Balaban J connectivity index is 2.00. The number of amides is 1. The number of carbonyl (C=O) groups is 1. The van der Waals surface area contributed by atoms with Crippen LogP contribution >= 0.6 is 0 Å². The highest BCUT2D eigenvalue weighted by Crippen LogP contribution is 2.39. The molecule has 5 heteroatoms. The lowest BCUT2D eigenvalue weighted by atomic mass is 9.97. The van der Waals surface area contributed by atoms with Crippen molar-refractivity contribution in [2.24, 2.45) is 0 Å². The van der Waals surface area contributed by atoms with Gasteiger partial charge in [-0.25, -0.2) is 0 Å². The van der Waals surface area contributed by atoms with Crippen molar-refractivity contribution in [3.63, 3.8) is 0 Å². The third-order valence-electron chi connectivity index (χ3n) is 5.56. The van der Waals surface area contributed by atoms with Crippen LogP contribution in [0.15, 0.2) is 45.6 Å². The molecule has 0 radical (unpaired) electrons. The summed E-state index contributed by atoms with van der Waals surface area (Å²) in [5, 5.41) is 0.527. The number of unbranched alkanes of at least 4 members (excludes halogenated alkanes) is 1. The number of rotatable bonds is 5. The molecule has 1 aromatic heterocycles. The maximum Gasteiger partial charge on any atom is 0.290 e. The first-order valence-electron chi connectivity index (χ1n) is 9.99. The normalized spacial score (nSPS) is 15.8. The lowest BCUT2D eigenvalue weighted by Crippen LogP contribution is -2.30. The van der Waals surface area contributed by atoms with Crippen molar-refractivity contribution in [2.75, 3.05) is 13.7 Å². The van der Waals surface area contributed by atoms with Crippen molar-refractivity contribution in [3.05, 3.63) is 74.6 Å². The van der Waals surface area contributed by atoms with E-state index in [-0.39, 0.29) is 17.1 Å². The molecule has 0 fully saturated rings. The van der Waals surface area contributed by atoms with Gasteiger partial charge in [0.1, 0.15) is 11.3 Å². The fourth-order valence-corrected chi connectivity index (χ4v) is 4.19. The third kappa shape index (κ3) is 3.11. The number of aryl methyl sites for hydroxylation is 2. The van der Waals surface area contributed by atoms with E-state index in [9.17, 15) is 9.59 Å². The maximum atomic E-state index is 13.6. The maximum absolute atomic E-state index is 13.6. The molecule has 1 unspecified atom stereocenters. The summed E-state index contributed by atoms with van der Waals surface area (Å²) in [7, 11) is 1.61. The highest BCUT2D eigenvalue weighted by Gasteiger charge is 2.42. The smallest absolute Gasteiger partial charge is 0.290 e. The molecule has 150 valence electrons. The van der Waals surface area contributed by atoms with Crippen LogP contribution in [0.1, 0.15) is 58.6 Å². The Morgan fingerprint density at radius 1 is 1.14 bits per heavy atom. The number of methoxy groups -OCH3 is 1. The molecule has 1 amide bonds. The number of hydrogen-bond donors (Lipinski definition) is 0. The first-order chi connectivity index (χ1) is 14.0. The van der Waals surface area contributed by atoms with Crippen LogP contribution < -0.4 is 10.2 Å². The van der Waals surface area contributed by atoms with Crippen molar-refractivity contribution < 1.29 is 13.9 Å². The van der Waals surface area contributed by atoms with Crippen LogP contribution in [0.25, 0.3) is 11.0 Å². The minimum Gasteiger partial charge on any atom is -0.497 e. The SMILES string of the molecule is CCCCN1C(=O)c2oc3c(C)cc(C)cc3c(=O)c2C1c1cccc(OC)c1. The first-order valence-corrected chi connectivity index (χ1v) is 9.99. The molecule has 5 nitrogen and oxygen atoms in total. The molecule has 2 heterocycles. The first kappa shape index (κ1) is 19.2. The second-order valence-electron chi connectivity index (χ2n) is 7.66. The highest BCUT2D eigenvalue weighted by molar-refractivity contribution is 5.99. The van der Waals surface area contributed by atoms with Crippen molar-refractivity contribution in [2.45, 2.75) is 39.7 Å². The monoisotopic (exact) mass is 391 g/mol. The van der Waals surface area contributed by atoms with Crippen LogP contribution in [0.4, 0.5) is 0 Å². The molecular weight excluding hydrogens is 366 g/mol. The van der Waals surface area contributed by atoms with E-state index in [1.807, 2.05) is 50.2 Å². The van der Waals surface area contributed by atoms with Crippen LogP contribution in [0, 0.1) is 13.8 Å². The van der Waals surface area contributed by atoms with Gasteiger partial charge in [0.25, 0.3) is 5.91 Å². The predicted octanol–water partition coefficient (Wildman–Crippen LogP) is 4.76. The van der Waals surface area contributed by atoms with Crippen LogP contribution in [0.2, 0.25) is 0 Å². The number of benzene rings is 2. The Labute approximate surface area is 169 Å². The molecular formula is C24H25NO4. The number of hydrogen-bond acceptors (Lipinski definition) is 4. The van der Waals surface area contributed by atoms with E-state index in [4.69, 9.17) is 9.15 Å². The molecule has 0 saturated carbocycles. The van der Waals surface area contributed by atoms with Gasteiger partial charge in [0, 0.05) is 6.54 Å². The van der Waals surface area contributed by atoms with E-state index in [0.717, 1.165) is 29.5 Å². The van der Waals surface area contributed by atoms with Crippen molar-refractivity contribution in [1.29, 1.82) is 0 Å². The van der Waals surface area contributed by atoms with Crippen LogP contribution in [-0.2, 0) is 0 Å². The molecule has 0 saturated heterocycles. The highest BCUT2D eigenvalue weighted by atomic mass is 16.5. The van der Waals surface area contributed by atoms with Gasteiger partial charge in [-0.1, -0.05) is 31.5 Å². The van der Waals surface area contributed by atoms with Gasteiger partial charge in [0.05, 0.1) is 24.1 Å². The fraction of sp³-hybridized carbons (Fsp3) is 0.333. The van der Waals surface area contributed by atoms with Crippen LogP contribution in [0.5, 0.6) is 5.75 Å². The predicted molar refractivity (Wildman–Crippen MR) is 113 cm³/mol. The summed E-state index contributed by atoms with van der Waals surface area (Å²) in [5.41, 5.74) is 3.49. The van der Waals surface area contributed by atoms with Crippen LogP contribution in [-0.4, -0.2) is 24.5 Å². The van der Waals surface area contributed by atoms with E-state index in [0.29, 0.717) is 28.8 Å². The lowest BCUT2D eigenvalue weighted by molar-refractivity contribution is 0.0725. The molecule has 1 atom stereocenters. The number of carbonyl (C=O) groups excluding carboxylic acids is 1. The third-order valence-corrected chi connectivity index (χ3v) is 5.56. The van der Waals surface area contributed by atoms with Crippen molar-refractivity contribution in [1.82, 2.24) is 4.90 Å². The molecule has 0 aliphatic carbocycles. The molecule has 2 aromatic carbocycles. The van der Waals surface area contributed by atoms with Gasteiger partial charge in [-0.05, 0) is 55.2 Å². The molecule has 0 bridgehead atoms. The van der Waals surface area contributed by atoms with Gasteiger partial charge in [-0.15, -0.1) is 0 Å². The summed E-state index contributed by atoms with van der Waals surface area (Å²) in [4.78, 5) is 28.6. The summed E-state index contributed by atoms with van der Waals surface area (Å²) >= 11 is 0. The Morgan fingerprint density at radius 2 is 1.93 bits per heavy atom. The molecule has 29 heavy (non-hydrogen) atoms. The molecule has 1 aliphatic heterocycles. The van der Waals surface area contributed by atoms with Gasteiger partial charge in [-0.3, -0.25) is 9.59 Å². The Hall–Kier alpha value is -3.08. The van der Waals surface area contributed by atoms with Gasteiger partial charge in [-0.2, -0.15) is 0 Å². The zero-order valence-corrected chi connectivity index (χ0v) is 17.2. The largest absolute Gasteiger partial charge is 0.497 e. The molecule has 3 aromatic rings. The zero-order chi connectivity index (χ0) is 20.7. The molecule has 4 rings (SSSR count). The lowest BCUT2D eigenvalue weighted by Gasteiger charge is -2.25. The van der Waals surface area contributed by atoms with Gasteiger partial charge < -0.3 is 14.1 Å². The van der Waals surface area contributed by atoms with Crippen molar-refractivity contribution in [3.8, 4) is 5.75 Å². The van der Waals surface area contributed by atoms with Gasteiger partial charge >= 0.3 is 0 Å². The van der Waals surface area contributed by atoms with E-state index in [2.05, 4.69) is 6.92 Å². The molecule has 1 aliphatic rings. The number of nitrogens with zero attached hydrogens (tertiary/aromatic N) is 1. The minimum absolute atomic E-state index is 0.131. The summed E-state index contributed by atoms with van der Waals surface area (Å²) in [6.45, 7) is 6.50. The summed E-state index contributed by atoms with van der Waals surface area (Å²) in [6.07, 6.45) is 1.80. The van der Waals surface area contributed by atoms with E-state index in [1.54, 1.807) is 12.0 Å². The second kappa shape index (κ2) is 7.39. The summed E-state index contributed by atoms with van der Waals surface area (Å²) in [6, 6.07) is 10.9. The minimum atomic E-state index is -0.472. The van der Waals surface area contributed by atoms with Gasteiger partial charge in [0.2, 0.25) is 5.76 Å². The molecule has 0 N–H and O–H groups in total. The van der Waals surface area contributed by atoms with Crippen LogP contribution in [0.3, 0.4) is 0 Å². The Kier molecular flexibility index (Phi) is 4.91.